The first-order valence-electron chi connectivity index (χ1n) is 10.3. The van der Waals surface area contributed by atoms with Gasteiger partial charge in [0.2, 0.25) is 0 Å². The molecule has 2 aliphatic carbocycles. The summed E-state index contributed by atoms with van der Waals surface area (Å²) < 4.78 is 29.0. The number of aliphatic hydroxyl groups excluding tert-OH is 1. The van der Waals surface area contributed by atoms with Gasteiger partial charge in [-0.25, -0.2) is 14.8 Å². The second-order valence-electron chi connectivity index (χ2n) is 8.01. The minimum Gasteiger partial charge on any atom is -0.464 e. The molecule has 4 rings (SSSR count). The molecule has 0 unspecified atom stereocenters. The van der Waals surface area contributed by atoms with E-state index >= 15 is 0 Å². The Morgan fingerprint density at radius 2 is 1.91 bits per heavy atom. The van der Waals surface area contributed by atoms with E-state index in [0.29, 0.717) is 24.5 Å². The van der Waals surface area contributed by atoms with Gasteiger partial charge in [-0.05, 0) is 36.8 Å². The number of aryl methyl sites for hydroxylation is 1. The highest BCUT2D eigenvalue weighted by Gasteiger charge is 2.34. The Kier molecular flexibility index (Phi) is 6.44. The lowest BCUT2D eigenvalue weighted by molar-refractivity contribution is 0.1000. The summed E-state index contributed by atoms with van der Waals surface area (Å²) in [5.41, 5.74) is 2.61. The fraction of sp³-hybridized carbons (Fsp3) is 0.450. The van der Waals surface area contributed by atoms with Crippen LogP contribution in [-0.2, 0) is 20.9 Å². The van der Waals surface area contributed by atoms with E-state index in [1.807, 2.05) is 12.1 Å². The van der Waals surface area contributed by atoms with Gasteiger partial charge in [0, 0.05) is 18.0 Å². The Balaban J connectivity index is 1.33. The van der Waals surface area contributed by atoms with Crippen LogP contribution in [0.25, 0.3) is 0 Å². The zero-order valence-electron chi connectivity index (χ0n) is 17.1. The highest BCUT2D eigenvalue weighted by Crippen LogP contribution is 2.34. The summed E-state index contributed by atoms with van der Waals surface area (Å²) >= 11 is 0. The molecule has 172 valence electrons. The van der Waals surface area contributed by atoms with Crippen LogP contribution in [0, 0.1) is 5.92 Å². The number of nitrogens with zero attached hydrogens (tertiary/aromatic N) is 2. The summed E-state index contributed by atoms with van der Waals surface area (Å²) in [4.78, 5) is 19.0. The molecule has 1 aromatic heterocycles. The molecule has 11 nitrogen and oxygen atoms in total. The summed E-state index contributed by atoms with van der Waals surface area (Å²) in [5.74, 6) is 0.813. The van der Waals surface area contributed by atoms with Gasteiger partial charge in [-0.15, -0.1) is 0 Å². The Hall–Kier alpha value is -2.96. The van der Waals surface area contributed by atoms with E-state index < -0.39 is 28.4 Å². The Bertz CT molecular complexity index is 1080. The molecule has 32 heavy (non-hydrogen) atoms. The van der Waals surface area contributed by atoms with E-state index in [1.165, 1.54) is 22.2 Å². The lowest BCUT2D eigenvalue weighted by Crippen LogP contribution is -2.32. The second-order valence-corrected chi connectivity index (χ2v) is 9.36. The largest absolute Gasteiger partial charge is 0.464 e. The SMILES string of the molecule is O=C(O)NS(=O)(=O)OC[C@H]1C[C@@H](Nc2cc(N[C@H]3CCc4ccccc43)ncn2)C[C@H]1O. The van der Waals surface area contributed by atoms with Gasteiger partial charge in [0.05, 0.1) is 18.8 Å². The Morgan fingerprint density at radius 1 is 1.16 bits per heavy atom. The number of carboxylic acid groups (broad SMARTS) is 1. The molecule has 12 heteroatoms. The van der Waals surface area contributed by atoms with Crippen LogP contribution in [0.2, 0.25) is 0 Å². The van der Waals surface area contributed by atoms with Gasteiger partial charge in [-0.1, -0.05) is 24.3 Å². The van der Waals surface area contributed by atoms with Crippen molar-refractivity contribution < 1.29 is 27.6 Å². The average molecular weight is 464 g/mol. The van der Waals surface area contributed by atoms with Crippen molar-refractivity contribution in [3.63, 3.8) is 0 Å². The summed E-state index contributed by atoms with van der Waals surface area (Å²) in [7, 11) is -4.42. The second kappa shape index (κ2) is 9.27. The van der Waals surface area contributed by atoms with Crippen molar-refractivity contribution in [1.82, 2.24) is 14.7 Å². The quantitative estimate of drug-likeness (QED) is 0.389. The number of hydrogen-bond acceptors (Lipinski definition) is 9. The highest BCUT2D eigenvalue weighted by molar-refractivity contribution is 7.85. The maximum absolute atomic E-state index is 11.5. The third-order valence-electron chi connectivity index (χ3n) is 5.78. The normalized spacial score (nSPS) is 24.7. The highest BCUT2D eigenvalue weighted by atomic mass is 32.2. The minimum atomic E-state index is -4.42. The maximum atomic E-state index is 11.5. The molecule has 0 bridgehead atoms. The number of nitrogens with one attached hydrogen (secondary N) is 3. The fourth-order valence-electron chi connectivity index (χ4n) is 4.32. The van der Waals surface area contributed by atoms with E-state index in [0.717, 1.165) is 12.8 Å². The first kappa shape index (κ1) is 22.2. The van der Waals surface area contributed by atoms with E-state index in [1.54, 1.807) is 6.07 Å². The van der Waals surface area contributed by atoms with Crippen LogP contribution in [0.3, 0.4) is 0 Å². The molecule has 0 saturated heterocycles. The van der Waals surface area contributed by atoms with Crippen molar-refractivity contribution in [2.24, 2.45) is 5.92 Å². The van der Waals surface area contributed by atoms with E-state index in [2.05, 4.69) is 36.9 Å². The summed E-state index contributed by atoms with van der Waals surface area (Å²) in [5, 5.41) is 25.5. The van der Waals surface area contributed by atoms with Crippen LogP contribution in [0.15, 0.2) is 36.7 Å². The first-order valence-corrected chi connectivity index (χ1v) is 11.7. The molecule has 0 radical (unpaired) electrons. The van der Waals surface area contributed by atoms with Crippen LogP contribution >= 0.6 is 0 Å². The molecule has 4 atom stereocenters. The molecule has 0 spiro atoms. The fourth-order valence-corrected chi connectivity index (χ4v) is 4.95. The van der Waals surface area contributed by atoms with E-state index in [4.69, 9.17) is 5.11 Å². The zero-order valence-corrected chi connectivity index (χ0v) is 18.0. The van der Waals surface area contributed by atoms with Gasteiger partial charge in [-0.3, -0.25) is 4.18 Å². The summed E-state index contributed by atoms with van der Waals surface area (Å²) in [6, 6.07) is 10.2. The number of hydrogen-bond donors (Lipinski definition) is 5. The van der Waals surface area contributed by atoms with Gasteiger partial charge < -0.3 is 20.8 Å². The number of aromatic nitrogens is 2. The number of rotatable bonds is 8. The molecule has 2 aliphatic rings. The first-order chi connectivity index (χ1) is 15.3. The lowest BCUT2D eigenvalue weighted by Gasteiger charge is -2.17. The number of benzene rings is 1. The standard InChI is InChI=1S/C20H25N5O6S/c26-17-8-14(7-13(17)10-31-32(29,30)25-20(27)28)23-18-9-19(22-11-21-18)24-16-6-5-12-3-1-2-4-15(12)16/h1-4,9,11,13-14,16-17,25-26H,5-8,10H2,(H,27,28)(H2,21,22,23,24)/t13-,14-,16+,17-/m1/s1. The van der Waals surface area contributed by atoms with Gasteiger partial charge in [-0.2, -0.15) is 13.1 Å². The van der Waals surface area contributed by atoms with Crippen molar-refractivity contribution in [2.45, 2.75) is 43.9 Å². The van der Waals surface area contributed by atoms with Crippen molar-refractivity contribution in [3.8, 4) is 0 Å². The van der Waals surface area contributed by atoms with Crippen LogP contribution in [0.4, 0.5) is 16.4 Å². The monoisotopic (exact) mass is 463 g/mol. The summed E-state index contributed by atoms with van der Waals surface area (Å²) in [6.45, 7) is -0.320. The third-order valence-corrected chi connectivity index (χ3v) is 6.65. The molecule has 0 aliphatic heterocycles. The molecule has 1 aromatic carbocycles. The molecule has 5 N–H and O–H groups in total. The van der Waals surface area contributed by atoms with Crippen molar-refractivity contribution in [1.29, 1.82) is 0 Å². The zero-order chi connectivity index (χ0) is 22.7. The van der Waals surface area contributed by atoms with Gasteiger partial charge in [0.15, 0.2) is 0 Å². The number of anilines is 2. The number of aliphatic hydroxyl groups is 1. The molecule has 1 amide bonds. The van der Waals surface area contributed by atoms with Crippen LogP contribution in [0.1, 0.15) is 36.4 Å². The molecule has 1 fully saturated rings. The average Bonchev–Trinajstić information content (AvgIpc) is 3.29. The number of fused-ring (bicyclic) bond motifs is 1. The van der Waals surface area contributed by atoms with Crippen molar-refractivity contribution in [3.05, 3.63) is 47.8 Å². The smallest absolute Gasteiger partial charge is 0.420 e. The lowest BCUT2D eigenvalue weighted by atomic mass is 10.1. The van der Waals surface area contributed by atoms with Crippen LogP contribution in [0.5, 0.6) is 0 Å². The van der Waals surface area contributed by atoms with Gasteiger partial charge >= 0.3 is 16.4 Å². The van der Waals surface area contributed by atoms with Gasteiger partial charge in [0.25, 0.3) is 0 Å². The summed E-state index contributed by atoms with van der Waals surface area (Å²) in [6.07, 6.45) is 1.76. The maximum Gasteiger partial charge on any atom is 0.420 e. The predicted molar refractivity (Wildman–Crippen MR) is 115 cm³/mol. The van der Waals surface area contributed by atoms with Crippen LogP contribution < -0.4 is 15.4 Å². The molecule has 1 heterocycles. The van der Waals surface area contributed by atoms with E-state index in [-0.39, 0.29) is 18.7 Å². The number of carbonyl (C=O) groups is 1. The minimum absolute atomic E-state index is 0.149. The van der Waals surface area contributed by atoms with Crippen molar-refractivity contribution in [2.75, 3.05) is 17.2 Å². The Labute approximate surface area is 185 Å². The molecule has 1 saturated carbocycles. The van der Waals surface area contributed by atoms with Gasteiger partial charge in [0.1, 0.15) is 18.0 Å². The molecule has 2 aromatic rings. The molecular weight excluding hydrogens is 438 g/mol. The predicted octanol–water partition coefficient (Wildman–Crippen LogP) is 1.66. The Morgan fingerprint density at radius 3 is 2.69 bits per heavy atom. The van der Waals surface area contributed by atoms with E-state index in [9.17, 15) is 18.3 Å². The topological polar surface area (TPSA) is 163 Å². The van der Waals surface area contributed by atoms with Crippen LogP contribution in [-0.4, -0.2) is 53.4 Å². The molecular formula is C20H25N5O6S. The third kappa shape index (κ3) is 5.44. The number of amides is 1. The van der Waals surface area contributed by atoms with Crippen molar-refractivity contribution >= 4 is 28.0 Å².